The fraction of sp³-hybridized carbons (Fsp3) is 1.00. The number of nitrogens with two attached hydrogens (primary N) is 1. The summed E-state index contributed by atoms with van der Waals surface area (Å²) in [6, 6.07) is 0. The maximum Gasteiger partial charge on any atom is 0.0897 e. The molecular weight excluding hydrogens is 248 g/mol. The third-order valence-corrected chi connectivity index (χ3v) is 1.99. The van der Waals surface area contributed by atoms with E-state index in [4.69, 9.17) is 20.3 Å². The maximum atomic E-state index is 9.50. The van der Waals surface area contributed by atoms with Gasteiger partial charge >= 0.3 is 0 Å². The maximum absolute atomic E-state index is 9.50. The van der Waals surface area contributed by atoms with Gasteiger partial charge in [0.25, 0.3) is 0 Å². The summed E-state index contributed by atoms with van der Waals surface area (Å²) in [4.78, 5) is 0. The molecule has 0 aromatic carbocycles. The zero-order chi connectivity index (χ0) is 13.1. The van der Waals surface area contributed by atoms with Gasteiger partial charge in [0.2, 0.25) is 0 Å². The molecule has 3 unspecified atom stereocenters. The van der Waals surface area contributed by atoms with Gasteiger partial charge in [0, 0.05) is 19.6 Å². The summed E-state index contributed by atoms with van der Waals surface area (Å²) in [6.07, 6.45) is -1.09. The van der Waals surface area contributed by atoms with E-state index >= 15 is 0 Å². The van der Waals surface area contributed by atoms with Crippen molar-refractivity contribution in [3.05, 3.63) is 0 Å². The van der Waals surface area contributed by atoms with E-state index in [0.717, 1.165) is 0 Å². The third-order valence-electron chi connectivity index (χ3n) is 1.99. The largest absolute Gasteiger partial charge is 0.391 e. The Balaban J connectivity index is -0.00000128. The third kappa shape index (κ3) is 17.8. The molecule has 0 radical (unpaired) electrons. The molecule has 0 bridgehead atoms. The molecular formula is C13H34N2O4. The highest BCUT2D eigenvalue weighted by Gasteiger charge is 2.07. The van der Waals surface area contributed by atoms with Crippen molar-refractivity contribution >= 4 is 0 Å². The van der Waals surface area contributed by atoms with Gasteiger partial charge in [-0.1, -0.05) is 14.9 Å². The molecule has 0 saturated heterocycles. The summed E-state index contributed by atoms with van der Waals surface area (Å²) in [5.74, 6) is 0. The van der Waals surface area contributed by atoms with Crippen molar-refractivity contribution in [2.45, 2.75) is 47.0 Å². The van der Waals surface area contributed by atoms with Crippen molar-refractivity contribution in [1.82, 2.24) is 5.32 Å². The number of aliphatic hydroxyl groups is 2. The van der Waals surface area contributed by atoms with Crippen LogP contribution in [0.25, 0.3) is 0 Å². The Bertz CT molecular complexity index is 171. The van der Waals surface area contributed by atoms with Crippen molar-refractivity contribution in [2.24, 2.45) is 5.73 Å². The molecule has 120 valence electrons. The van der Waals surface area contributed by atoms with Crippen LogP contribution in [0.2, 0.25) is 0 Å². The molecule has 0 aromatic rings. The summed E-state index contributed by atoms with van der Waals surface area (Å²) in [5, 5.41) is 21.5. The lowest BCUT2D eigenvalue weighted by molar-refractivity contribution is -0.0509. The lowest BCUT2D eigenvalue weighted by atomic mass is 10.3. The van der Waals surface area contributed by atoms with E-state index in [1.165, 1.54) is 0 Å². The van der Waals surface area contributed by atoms with Crippen molar-refractivity contribution in [3.8, 4) is 0 Å². The van der Waals surface area contributed by atoms with Crippen molar-refractivity contribution in [3.63, 3.8) is 0 Å². The molecule has 19 heavy (non-hydrogen) atoms. The number of hydrogen-bond donors (Lipinski definition) is 4. The van der Waals surface area contributed by atoms with Gasteiger partial charge in [0.05, 0.1) is 38.1 Å². The number of rotatable bonds is 11. The fourth-order valence-electron chi connectivity index (χ4n) is 1.15. The first-order valence-electron chi connectivity index (χ1n) is 6.02. The number of aliphatic hydroxyl groups excluding tert-OH is 2. The molecule has 0 saturated carbocycles. The second kappa shape index (κ2) is 15.8. The van der Waals surface area contributed by atoms with E-state index < -0.39 is 12.2 Å². The van der Waals surface area contributed by atoms with Gasteiger partial charge in [-0.05, 0) is 13.8 Å². The van der Waals surface area contributed by atoms with Crippen LogP contribution in [-0.4, -0.2) is 68.0 Å². The monoisotopic (exact) mass is 282 g/mol. The molecule has 0 aliphatic rings. The highest BCUT2D eigenvalue weighted by molar-refractivity contribution is 4.59. The van der Waals surface area contributed by atoms with Gasteiger partial charge in [-0.2, -0.15) is 0 Å². The minimum Gasteiger partial charge on any atom is -0.391 e. The summed E-state index contributed by atoms with van der Waals surface area (Å²) >= 11 is 0. The fourth-order valence-corrected chi connectivity index (χ4v) is 1.15. The predicted octanol–water partition coefficient (Wildman–Crippen LogP) is -0.0297. The van der Waals surface area contributed by atoms with E-state index in [9.17, 15) is 5.11 Å². The topological polar surface area (TPSA) is 97.0 Å². The summed E-state index contributed by atoms with van der Waals surface area (Å²) in [5.41, 5.74) is 5.30. The van der Waals surface area contributed by atoms with E-state index in [1.807, 2.05) is 6.92 Å². The van der Waals surface area contributed by atoms with Crippen molar-refractivity contribution < 1.29 is 19.7 Å². The summed E-state index contributed by atoms with van der Waals surface area (Å²) < 4.78 is 10.6. The Labute approximate surface area is 118 Å². The van der Waals surface area contributed by atoms with E-state index in [0.29, 0.717) is 32.8 Å². The van der Waals surface area contributed by atoms with Gasteiger partial charge in [0.15, 0.2) is 0 Å². The van der Waals surface area contributed by atoms with Crippen LogP contribution < -0.4 is 11.1 Å². The standard InChI is InChI=1S/C11H26N2O4.2CH4/c1-9(14)6-17-10(2)7-16-8-11(15)5-13-4-3-12;;/h9-11,13-15H,3-8,12H2,1-2H3;2*1H4. The first-order chi connectivity index (χ1) is 8.06. The molecule has 0 amide bonds. The van der Waals surface area contributed by atoms with Crippen LogP contribution in [0.5, 0.6) is 0 Å². The van der Waals surface area contributed by atoms with Gasteiger partial charge < -0.3 is 30.7 Å². The molecule has 6 nitrogen and oxygen atoms in total. The van der Waals surface area contributed by atoms with Crippen LogP contribution in [0.4, 0.5) is 0 Å². The average molecular weight is 282 g/mol. The van der Waals surface area contributed by atoms with Crippen LogP contribution in [0.15, 0.2) is 0 Å². The number of ether oxygens (including phenoxy) is 2. The zero-order valence-electron chi connectivity index (χ0n) is 10.8. The quantitative estimate of drug-likeness (QED) is 0.397. The van der Waals surface area contributed by atoms with Crippen LogP contribution in [0.1, 0.15) is 28.7 Å². The second-order valence-corrected chi connectivity index (χ2v) is 4.18. The molecule has 0 heterocycles. The summed E-state index contributed by atoms with van der Waals surface area (Å²) in [6.45, 7) is 6.20. The van der Waals surface area contributed by atoms with Gasteiger partial charge in [0.1, 0.15) is 0 Å². The average Bonchev–Trinajstić information content (AvgIpc) is 2.27. The van der Waals surface area contributed by atoms with E-state index in [2.05, 4.69) is 5.32 Å². The highest BCUT2D eigenvalue weighted by Crippen LogP contribution is 1.95. The van der Waals surface area contributed by atoms with Crippen LogP contribution in [0, 0.1) is 0 Å². The zero-order valence-corrected chi connectivity index (χ0v) is 10.8. The van der Waals surface area contributed by atoms with Crippen LogP contribution in [-0.2, 0) is 9.47 Å². The van der Waals surface area contributed by atoms with Gasteiger partial charge in [-0.25, -0.2) is 0 Å². The van der Waals surface area contributed by atoms with Gasteiger partial charge in [-0.15, -0.1) is 0 Å². The Morgan fingerprint density at radius 2 is 1.74 bits per heavy atom. The van der Waals surface area contributed by atoms with E-state index in [1.54, 1.807) is 6.92 Å². The number of nitrogens with one attached hydrogen (secondary N) is 1. The van der Waals surface area contributed by atoms with E-state index in [-0.39, 0.29) is 27.6 Å². The Morgan fingerprint density at radius 1 is 1.11 bits per heavy atom. The molecule has 0 fully saturated rings. The first-order valence-corrected chi connectivity index (χ1v) is 6.02. The van der Waals surface area contributed by atoms with Crippen molar-refractivity contribution in [2.75, 3.05) is 39.5 Å². The summed E-state index contributed by atoms with van der Waals surface area (Å²) in [7, 11) is 0. The Hall–Kier alpha value is -0.240. The van der Waals surface area contributed by atoms with Crippen molar-refractivity contribution in [1.29, 1.82) is 0 Å². The second-order valence-electron chi connectivity index (χ2n) is 4.18. The lowest BCUT2D eigenvalue weighted by Crippen LogP contribution is -2.34. The molecule has 0 aromatic heterocycles. The molecule has 5 N–H and O–H groups in total. The SMILES string of the molecule is C.C.CC(O)COC(C)COCC(O)CNCCN. The minimum atomic E-state index is -0.537. The highest BCUT2D eigenvalue weighted by atomic mass is 16.5. The molecule has 6 heteroatoms. The molecule has 0 aliphatic heterocycles. The van der Waals surface area contributed by atoms with Gasteiger partial charge in [-0.3, -0.25) is 0 Å². The predicted molar refractivity (Wildman–Crippen MR) is 79.3 cm³/mol. The van der Waals surface area contributed by atoms with Crippen LogP contribution >= 0.6 is 0 Å². The molecule has 0 aliphatic carbocycles. The first kappa shape index (κ1) is 23.8. The molecule has 0 spiro atoms. The molecule has 0 rings (SSSR count). The van der Waals surface area contributed by atoms with Crippen LogP contribution in [0.3, 0.4) is 0 Å². The Kier molecular flexibility index (Phi) is 19.8. The minimum absolute atomic E-state index is 0. The smallest absolute Gasteiger partial charge is 0.0897 e. The number of hydrogen-bond acceptors (Lipinski definition) is 6. The molecule has 3 atom stereocenters. The lowest BCUT2D eigenvalue weighted by Gasteiger charge is -2.16. The normalized spacial score (nSPS) is 15.0. The Morgan fingerprint density at radius 3 is 2.26 bits per heavy atom.